The van der Waals surface area contributed by atoms with Crippen molar-refractivity contribution in [3.8, 4) is 5.75 Å². The molecule has 3 N–H and O–H groups in total. The van der Waals surface area contributed by atoms with Gasteiger partial charge in [0.2, 0.25) is 5.91 Å². The SMILES string of the molecule is COc1cccc(NC(C)(C(N)=O)C2(C)CC2)c1. The summed E-state index contributed by atoms with van der Waals surface area (Å²) in [5.74, 6) is 0.443. The molecule has 2 rings (SSSR count). The zero-order valence-electron chi connectivity index (χ0n) is 11.1. The summed E-state index contributed by atoms with van der Waals surface area (Å²) in [4.78, 5) is 11.8. The Labute approximate surface area is 108 Å². The monoisotopic (exact) mass is 248 g/mol. The molecular weight excluding hydrogens is 228 g/mol. The normalized spacial score (nSPS) is 19.7. The summed E-state index contributed by atoms with van der Waals surface area (Å²) in [5.41, 5.74) is 5.66. The smallest absolute Gasteiger partial charge is 0.243 e. The Morgan fingerprint density at radius 1 is 1.50 bits per heavy atom. The van der Waals surface area contributed by atoms with Gasteiger partial charge in [-0.3, -0.25) is 4.79 Å². The lowest BCUT2D eigenvalue weighted by molar-refractivity contribution is -0.123. The number of carbonyl (C=O) groups is 1. The second-order valence-corrected chi connectivity index (χ2v) is 5.41. The fraction of sp³-hybridized carbons (Fsp3) is 0.500. The summed E-state index contributed by atoms with van der Waals surface area (Å²) in [6.45, 7) is 3.97. The first-order valence-corrected chi connectivity index (χ1v) is 6.13. The Morgan fingerprint density at radius 2 is 2.17 bits per heavy atom. The summed E-state index contributed by atoms with van der Waals surface area (Å²) >= 11 is 0. The minimum atomic E-state index is -0.723. The third-order valence-electron chi connectivity index (χ3n) is 4.16. The number of nitrogens with one attached hydrogen (secondary N) is 1. The number of methoxy groups -OCH3 is 1. The van der Waals surface area contributed by atoms with Crippen LogP contribution in [-0.4, -0.2) is 18.6 Å². The number of amides is 1. The highest BCUT2D eigenvalue weighted by atomic mass is 16.5. The molecule has 4 heteroatoms. The number of ether oxygens (including phenoxy) is 1. The van der Waals surface area contributed by atoms with Crippen LogP contribution >= 0.6 is 0 Å². The highest BCUT2D eigenvalue weighted by Crippen LogP contribution is 2.54. The molecule has 18 heavy (non-hydrogen) atoms. The number of anilines is 1. The second kappa shape index (κ2) is 4.19. The van der Waals surface area contributed by atoms with Crippen molar-refractivity contribution < 1.29 is 9.53 Å². The lowest BCUT2D eigenvalue weighted by Crippen LogP contribution is -2.54. The van der Waals surface area contributed by atoms with Crippen LogP contribution < -0.4 is 15.8 Å². The first kappa shape index (κ1) is 12.7. The molecule has 0 radical (unpaired) electrons. The minimum absolute atomic E-state index is 0.0537. The van der Waals surface area contributed by atoms with Crippen molar-refractivity contribution in [2.75, 3.05) is 12.4 Å². The van der Waals surface area contributed by atoms with Crippen LogP contribution in [0.4, 0.5) is 5.69 Å². The van der Waals surface area contributed by atoms with Gasteiger partial charge in [-0.25, -0.2) is 0 Å². The van der Waals surface area contributed by atoms with Crippen molar-refractivity contribution >= 4 is 11.6 Å². The van der Waals surface area contributed by atoms with E-state index in [1.807, 2.05) is 31.2 Å². The average Bonchev–Trinajstić information content (AvgIpc) is 3.09. The van der Waals surface area contributed by atoms with Crippen molar-refractivity contribution in [1.82, 2.24) is 0 Å². The van der Waals surface area contributed by atoms with Gasteiger partial charge in [0.15, 0.2) is 0 Å². The molecule has 1 fully saturated rings. The maximum Gasteiger partial charge on any atom is 0.243 e. The van der Waals surface area contributed by atoms with Gasteiger partial charge in [0, 0.05) is 11.8 Å². The van der Waals surface area contributed by atoms with Gasteiger partial charge in [0.1, 0.15) is 11.3 Å². The minimum Gasteiger partial charge on any atom is -0.497 e. The van der Waals surface area contributed by atoms with E-state index < -0.39 is 5.54 Å². The van der Waals surface area contributed by atoms with Crippen LogP contribution in [-0.2, 0) is 4.79 Å². The number of hydrogen-bond acceptors (Lipinski definition) is 3. The molecule has 1 aromatic rings. The topological polar surface area (TPSA) is 64.3 Å². The van der Waals surface area contributed by atoms with E-state index in [0.717, 1.165) is 24.3 Å². The summed E-state index contributed by atoms with van der Waals surface area (Å²) in [5, 5.41) is 3.28. The first-order chi connectivity index (χ1) is 8.41. The molecule has 1 unspecified atom stereocenters. The molecule has 0 heterocycles. The largest absolute Gasteiger partial charge is 0.497 e. The Kier molecular flexibility index (Phi) is 2.97. The van der Waals surface area contributed by atoms with Gasteiger partial charge in [-0.05, 0) is 37.3 Å². The molecule has 4 nitrogen and oxygen atoms in total. The van der Waals surface area contributed by atoms with Crippen LogP contribution in [0.15, 0.2) is 24.3 Å². The summed E-state index contributed by atoms with van der Waals surface area (Å²) in [6.07, 6.45) is 2.03. The number of nitrogens with two attached hydrogens (primary N) is 1. The van der Waals surface area contributed by atoms with E-state index in [0.29, 0.717) is 0 Å². The maximum absolute atomic E-state index is 11.8. The van der Waals surface area contributed by atoms with Gasteiger partial charge >= 0.3 is 0 Å². The summed E-state index contributed by atoms with van der Waals surface area (Å²) < 4.78 is 5.17. The zero-order chi connectivity index (χ0) is 13.4. The van der Waals surface area contributed by atoms with E-state index in [2.05, 4.69) is 12.2 Å². The summed E-state index contributed by atoms with van der Waals surface area (Å²) in [6, 6.07) is 7.53. The molecule has 1 aromatic carbocycles. The van der Waals surface area contributed by atoms with Gasteiger partial charge in [0.25, 0.3) is 0 Å². The number of rotatable bonds is 5. The fourth-order valence-electron chi connectivity index (χ4n) is 2.19. The number of carbonyl (C=O) groups excluding carboxylic acids is 1. The van der Waals surface area contributed by atoms with Crippen LogP contribution in [0.2, 0.25) is 0 Å². The number of benzene rings is 1. The molecule has 0 spiro atoms. The van der Waals surface area contributed by atoms with Crippen molar-refractivity contribution in [3.63, 3.8) is 0 Å². The van der Waals surface area contributed by atoms with Crippen LogP contribution in [0.1, 0.15) is 26.7 Å². The van der Waals surface area contributed by atoms with Crippen LogP contribution in [0.5, 0.6) is 5.75 Å². The van der Waals surface area contributed by atoms with Crippen LogP contribution in [0.25, 0.3) is 0 Å². The quantitative estimate of drug-likeness (QED) is 0.839. The lowest BCUT2D eigenvalue weighted by atomic mass is 9.83. The first-order valence-electron chi connectivity index (χ1n) is 6.13. The Balaban J connectivity index is 2.27. The standard InChI is InChI=1S/C14H20N2O2/c1-13(7-8-13)14(2,12(15)17)16-10-5-4-6-11(9-10)18-3/h4-6,9,16H,7-8H2,1-3H3,(H2,15,17). The van der Waals surface area contributed by atoms with E-state index >= 15 is 0 Å². The van der Waals surface area contributed by atoms with Crippen molar-refractivity contribution in [2.45, 2.75) is 32.2 Å². The molecule has 0 aliphatic heterocycles. The Bertz CT molecular complexity index is 469. The van der Waals surface area contributed by atoms with Gasteiger partial charge in [-0.15, -0.1) is 0 Å². The lowest BCUT2D eigenvalue weighted by Gasteiger charge is -2.35. The van der Waals surface area contributed by atoms with Gasteiger partial charge in [0.05, 0.1) is 7.11 Å². The van der Waals surface area contributed by atoms with Crippen molar-refractivity contribution in [1.29, 1.82) is 0 Å². The molecule has 98 valence electrons. The van der Waals surface area contributed by atoms with Crippen molar-refractivity contribution in [2.24, 2.45) is 11.1 Å². The zero-order valence-corrected chi connectivity index (χ0v) is 11.1. The second-order valence-electron chi connectivity index (χ2n) is 5.41. The molecule has 1 amide bonds. The molecule has 0 bridgehead atoms. The molecule has 1 aliphatic rings. The fourth-order valence-corrected chi connectivity index (χ4v) is 2.19. The predicted octanol–water partition coefficient (Wildman–Crippen LogP) is 2.15. The third kappa shape index (κ3) is 2.03. The van der Waals surface area contributed by atoms with E-state index in [9.17, 15) is 4.79 Å². The summed E-state index contributed by atoms with van der Waals surface area (Å²) in [7, 11) is 1.62. The molecule has 0 saturated heterocycles. The third-order valence-corrected chi connectivity index (χ3v) is 4.16. The number of primary amides is 1. The highest BCUT2D eigenvalue weighted by Gasteiger charge is 2.56. The Hall–Kier alpha value is -1.71. The van der Waals surface area contributed by atoms with E-state index in [-0.39, 0.29) is 11.3 Å². The van der Waals surface area contributed by atoms with Crippen LogP contribution in [0, 0.1) is 5.41 Å². The number of hydrogen-bond donors (Lipinski definition) is 2. The molecular formula is C14H20N2O2. The van der Waals surface area contributed by atoms with Gasteiger partial charge in [-0.1, -0.05) is 13.0 Å². The maximum atomic E-state index is 11.8. The van der Waals surface area contributed by atoms with Gasteiger partial charge in [-0.2, -0.15) is 0 Å². The van der Waals surface area contributed by atoms with Crippen molar-refractivity contribution in [3.05, 3.63) is 24.3 Å². The highest BCUT2D eigenvalue weighted by molar-refractivity contribution is 5.89. The Morgan fingerprint density at radius 3 is 2.67 bits per heavy atom. The molecule has 0 aromatic heterocycles. The van der Waals surface area contributed by atoms with E-state index in [1.54, 1.807) is 7.11 Å². The van der Waals surface area contributed by atoms with E-state index in [4.69, 9.17) is 10.5 Å². The molecule has 1 saturated carbocycles. The average molecular weight is 248 g/mol. The van der Waals surface area contributed by atoms with E-state index in [1.165, 1.54) is 0 Å². The molecule has 1 atom stereocenters. The van der Waals surface area contributed by atoms with Gasteiger partial charge < -0.3 is 15.8 Å². The predicted molar refractivity (Wildman–Crippen MR) is 71.6 cm³/mol. The molecule has 1 aliphatic carbocycles. The van der Waals surface area contributed by atoms with Crippen LogP contribution in [0.3, 0.4) is 0 Å².